The minimum Gasteiger partial charge on any atom is -0.0882 e. The van der Waals surface area contributed by atoms with E-state index in [0.717, 1.165) is 17.8 Å². The van der Waals surface area contributed by atoms with E-state index in [4.69, 9.17) is 0 Å². The topological polar surface area (TPSA) is 0 Å². The fourth-order valence-corrected chi connectivity index (χ4v) is 9.38. The van der Waals surface area contributed by atoms with Crippen LogP contribution in [0.5, 0.6) is 0 Å². The second-order valence-electron chi connectivity index (χ2n) is 13.4. The summed E-state index contributed by atoms with van der Waals surface area (Å²) in [5, 5.41) is 0. The number of hydrogen-bond donors (Lipinski definition) is 0. The van der Waals surface area contributed by atoms with Crippen molar-refractivity contribution < 1.29 is 0 Å². The van der Waals surface area contributed by atoms with Crippen LogP contribution in [-0.2, 0) is 0 Å². The van der Waals surface area contributed by atoms with Crippen molar-refractivity contribution in [3.8, 4) is 0 Å². The van der Waals surface area contributed by atoms with Crippen LogP contribution < -0.4 is 0 Å². The first-order valence-corrected chi connectivity index (χ1v) is 21.2. The molecule has 0 fully saturated rings. The van der Waals surface area contributed by atoms with Gasteiger partial charge in [0.15, 0.2) is 0 Å². The first kappa shape index (κ1) is 31.7. The van der Waals surface area contributed by atoms with E-state index >= 15 is 0 Å². The molecule has 3 unspecified atom stereocenters. The van der Waals surface area contributed by atoms with E-state index < -0.39 is 16.1 Å². The standard InChI is InChI=1S/C30H60Si2/c1-27(2)21-17-13-11-12-14-19-23-30(29(4)26-32(8,9)10)24-20-16-15-18-22-28(3)25-31(5,6)7/h15-16,18-20,23,27-30H,11-14,17,21-22,24-26H2,1-10H3/b18-15+,20-16+,23-19+. The van der Waals surface area contributed by atoms with Crippen molar-refractivity contribution in [3.63, 3.8) is 0 Å². The quantitative estimate of drug-likeness (QED) is 0.0798. The van der Waals surface area contributed by atoms with E-state index in [1.807, 2.05) is 0 Å². The molecule has 0 aromatic carbocycles. The van der Waals surface area contributed by atoms with Gasteiger partial charge in [-0.05, 0) is 49.4 Å². The van der Waals surface area contributed by atoms with Gasteiger partial charge < -0.3 is 0 Å². The zero-order valence-electron chi connectivity index (χ0n) is 23.8. The average molecular weight is 477 g/mol. The molecule has 0 nitrogen and oxygen atoms in total. The van der Waals surface area contributed by atoms with E-state index in [1.165, 1.54) is 63.5 Å². The molecule has 32 heavy (non-hydrogen) atoms. The van der Waals surface area contributed by atoms with Gasteiger partial charge in [-0.2, -0.15) is 0 Å². The Labute approximate surface area is 206 Å². The molecule has 0 aromatic rings. The number of unbranched alkanes of at least 4 members (excludes halogenated alkanes) is 4. The molecule has 188 valence electrons. The predicted molar refractivity (Wildman–Crippen MR) is 157 cm³/mol. The fourth-order valence-electron chi connectivity index (χ4n) is 4.89. The number of hydrogen-bond acceptors (Lipinski definition) is 0. The van der Waals surface area contributed by atoms with Crippen LogP contribution in [0.4, 0.5) is 0 Å². The molecule has 0 saturated carbocycles. The molecule has 3 atom stereocenters. The summed E-state index contributed by atoms with van der Waals surface area (Å²) in [5.41, 5.74) is 0. The SMILES string of the molecule is CC(C)CCCCCC/C=C/C(C/C=C/C=C/CC(C)C[Si](C)(C)C)C(C)C[Si](C)(C)C. The normalized spacial score (nSPS) is 16.6. The third kappa shape index (κ3) is 21.5. The predicted octanol–water partition coefficient (Wildman–Crippen LogP) is 11.0. The summed E-state index contributed by atoms with van der Waals surface area (Å²) in [6.45, 7) is 24.6. The van der Waals surface area contributed by atoms with Gasteiger partial charge in [0.2, 0.25) is 0 Å². The Balaban J connectivity index is 4.54. The summed E-state index contributed by atoms with van der Waals surface area (Å²) in [4.78, 5) is 0. The van der Waals surface area contributed by atoms with Gasteiger partial charge in [-0.25, -0.2) is 0 Å². The van der Waals surface area contributed by atoms with Crippen LogP contribution in [0, 0.1) is 23.7 Å². The molecule has 0 N–H and O–H groups in total. The van der Waals surface area contributed by atoms with Crippen LogP contribution in [0.3, 0.4) is 0 Å². The molecular formula is C30H60Si2. The van der Waals surface area contributed by atoms with E-state index in [-0.39, 0.29) is 0 Å². The van der Waals surface area contributed by atoms with Gasteiger partial charge in [-0.15, -0.1) is 0 Å². The Morgan fingerprint density at radius 2 is 1.19 bits per heavy atom. The van der Waals surface area contributed by atoms with Crippen LogP contribution in [0.1, 0.15) is 79.1 Å². The van der Waals surface area contributed by atoms with Crippen molar-refractivity contribution >= 4 is 16.1 Å². The third-order valence-electron chi connectivity index (χ3n) is 6.24. The Bertz CT molecular complexity index is 528. The van der Waals surface area contributed by atoms with E-state index in [1.54, 1.807) is 0 Å². The largest absolute Gasteiger partial charge is 0.0882 e. The molecule has 0 rings (SSSR count). The first-order chi connectivity index (χ1) is 14.8. The lowest BCUT2D eigenvalue weighted by molar-refractivity contribution is 0.463. The second kappa shape index (κ2) is 17.1. The fraction of sp³-hybridized carbons (Fsp3) is 0.800. The molecule has 0 radical (unpaired) electrons. The third-order valence-corrected chi connectivity index (χ3v) is 10.0. The van der Waals surface area contributed by atoms with Crippen molar-refractivity contribution in [3.05, 3.63) is 36.5 Å². The second-order valence-corrected chi connectivity index (χ2v) is 24.5. The molecule has 0 heterocycles. The summed E-state index contributed by atoms with van der Waals surface area (Å²) >= 11 is 0. The smallest absolute Gasteiger partial charge is 0.0445 e. The van der Waals surface area contributed by atoms with Crippen LogP contribution in [0.15, 0.2) is 36.5 Å². The van der Waals surface area contributed by atoms with E-state index in [0.29, 0.717) is 5.92 Å². The van der Waals surface area contributed by atoms with Crippen LogP contribution in [0.25, 0.3) is 0 Å². The summed E-state index contributed by atoms with van der Waals surface area (Å²) in [6, 6.07) is 2.86. The van der Waals surface area contributed by atoms with Crippen LogP contribution >= 0.6 is 0 Å². The lowest BCUT2D eigenvalue weighted by atomic mass is 9.91. The van der Waals surface area contributed by atoms with Crippen molar-refractivity contribution in [1.82, 2.24) is 0 Å². The maximum absolute atomic E-state index is 2.56. The molecular weight excluding hydrogens is 417 g/mol. The summed E-state index contributed by atoms with van der Waals surface area (Å²) in [6.07, 6.45) is 25.1. The molecule has 0 aromatic heterocycles. The van der Waals surface area contributed by atoms with Gasteiger partial charge in [0.1, 0.15) is 0 Å². The van der Waals surface area contributed by atoms with Crippen LogP contribution in [-0.4, -0.2) is 16.1 Å². The minimum absolute atomic E-state index is 0.693. The molecule has 0 aliphatic carbocycles. The maximum Gasteiger partial charge on any atom is 0.0445 e. The van der Waals surface area contributed by atoms with Gasteiger partial charge in [-0.1, -0.05) is 141 Å². The molecule has 0 spiro atoms. The maximum atomic E-state index is 2.56. The monoisotopic (exact) mass is 476 g/mol. The van der Waals surface area contributed by atoms with E-state index in [2.05, 4.69) is 103 Å². The Kier molecular flexibility index (Phi) is 17.0. The van der Waals surface area contributed by atoms with Crippen LogP contribution in [0.2, 0.25) is 51.4 Å². The van der Waals surface area contributed by atoms with Crippen molar-refractivity contribution in [2.75, 3.05) is 0 Å². The highest BCUT2D eigenvalue weighted by molar-refractivity contribution is 6.76. The molecule has 0 amide bonds. The summed E-state index contributed by atoms with van der Waals surface area (Å²) in [7, 11) is -1.95. The summed E-state index contributed by atoms with van der Waals surface area (Å²) < 4.78 is 0. The lowest BCUT2D eigenvalue weighted by Crippen LogP contribution is -2.25. The highest BCUT2D eigenvalue weighted by atomic mass is 28.3. The number of rotatable bonds is 18. The lowest BCUT2D eigenvalue weighted by Gasteiger charge is -2.26. The molecule has 0 aliphatic rings. The number of allylic oxidation sites excluding steroid dienone is 6. The highest BCUT2D eigenvalue weighted by Gasteiger charge is 2.22. The minimum atomic E-state index is -1.02. The zero-order valence-corrected chi connectivity index (χ0v) is 25.8. The van der Waals surface area contributed by atoms with Gasteiger partial charge in [0, 0.05) is 16.1 Å². The van der Waals surface area contributed by atoms with Crippen molar-refractivity contribution in [2.24, 2.45) is 23.7 Å². The Hall–Kier alpha value is -0.346. The van der Waals surface area contributed by atoms with Gasteiger partial charge in [-0.3, -0.25) is 0 Å². The zero-order chi connectivity index (χ0) is 24.6. The molecule has 0 saturated heterocycles. The van der Waals surface area contributed by atoms with Gasteiger partial charge >= 0.3 is 0 Å². The molecule has 0 aliphatic heterocycles. The Morgan fingerprint density at radius 3 is 1.75 bits per heavy atom. The van der Waals surface area contributed by atoms with Gasteiger partial charge in [0.05, 0.1) is 0 Å². The highest BCUT2D eigenvalue weighted by Crippen LogP contribution is 2.27. The van der Waals surface area contributed by atoms with Gasteiger partial charge in [0.25, 0.3) is 0 Å². The average Bonchev–Trinajstić information content (AvgIpc) is 2.61. The van der Waals surface area contributed by atoms with Crippen molar-refractivity contribution in [1.29, 1.82) is 0 Å². The van der Waals surface area contributed by atoms with Crippen molar-refractivity contribution in [2.45, 2.75) is 130 Å². The summed E-state index contributed by atoms with van der Waals surface area (Å²) in [5.74, 6) is 3.16. The van der Waals surface area contributed by atoms with E-state index in [9.17, 15) is 0 Å². The molecule has 2 heteroatoms. The first-order valence-electron chi connectivity index (χ1n) is 13.8. The Morgan fingerprint density at radius 1 is 0.625 bits per heavy atom. The molecule has 0 bridgehead atoms.